The summed E-state index contributed by atoms with van der Waals surface area (Å²) in [6.07, 6.45) is 8.35. The Morgan fingerprint density at radius 1 is 1.47 bits per heavy atom. The van der Waals surface area contributed by atoms with Crippen LogP contribution in [0.3, 0.4) is 0 Å². The molecule has 0 amide bonds. The van der Waals surface area contributed by atoms with Gasteiger partial charge in [0.15, 0.2) is 5.78 Å². The number of rotatable bonds is 6. The van der Waals surface area contributed by atoms with E-state index in [2.05, 4.69) is 19.9 Å². The highest BCUT2D eigenvalue weighted by atomic mass is 16.3. The van der Waals surface area contributed by atoms with E-state index in [1.54, 1.807) is 6.92 Å². The van der Waals surface area contributed by atoms with Crippen LogP contribution in [0, 0.1) is 5.41 Å². The predicted octanol–water partition coefficient (Wildman–Crippen LogP) is 3.63. The van der Waals surface area contributed by atoms with Gasteiger partial charge in [0.1, 0.15) is 0 Å². The van der Waals surface area contributed by atoms with Crippen LogP contribution < -0.4 is 0 Å². The first-order chi connectivity index (χ1) is 7.91. The van der Waals surface area contributed by atoms with E-state index in [4.69, 9.17) is 5.11 Å². The molecule has 0 aromatic heterocycles. The second-order valence-corrected chi connectivity index (χ2v) is 6.13. The molecule has 98 valence electrons. The SMILES string of the molecule is CC(O)CCCCC(=O)C1=CCCC(C)(C)C1. The van der Waals surface area contributed by atoms with Crippen LogP contribution in [-0.2, 0) is 4.79 Å². The van der Waals surface area contributed by atoms with Crippen molar-refractivity contribution >= 4 is 5.78 Å². The van der Waals surface area contributed by atoms with Crippen LogP contribution in [0.15, 0.2) is 11.6 Å². The van der Waals surface area contributed by atoms with Gasteiger partial charge >= 0.3 is 0 Å². The fourth-order valence-corrected chi connectivity index (χ4v) is 2.41. The molecule has 17 heavy (non-hydrogen) atoms. The van der Waals surface area contributed by atoms with Crippen molar-refractivity contribution in [3.05, 3.63) is 11.6 Å². The second kappa shape index (κ2) is 6.34. The molecule has 1 aliphatic carbocycles. The Morgan fingerprint density at radius 2 is 2.18 bits per heavy atom. The first kappa shape index (κ1) is 14.4. The molecular weight excluding hydrogens is 212 g/mol. The minimum atomic E-state index is -0.238. The Balaban J connectivity index is 2.31. The van der Waals surface area contributed by atoms with Crippen LogP contribution >= 0.6 is 0 Å². The average molecular weight is 238 g/mol. The number of aliphatic hydroxyl groups is 1. The predicted molar refractivity (Wildman–Crippen MR) is 70.9 cm³/mol. The minimum absolute atomic E-state index is 0.238. The van der Waals surface area contributed by atoms with Crippen molar-refractivity contribution in [2.45, 2.75) is 71.8 Å². The lowest BCUT2D eigenvalue weighted by atomic mass is 9.76. The fourth-order valence-electron chi connectivity index (χ4n) is 2.41. The van der Waals surface area contributed by atoms with Crippen molar-refractivity contribution in [2.24, 2.45) is 5.41 Å². The molecule has 0 aromatic carbocycles. The molecule has 0 saturated heterocycles. The summed E-state index contributed by atoms with van der Waals surface area (Å²) in [6, 6.07) is 0. The standard InChI is InChI=1S/C15H26O2/c1-12(16)7-4-5-9-14(17)13-8-6-10-15(2,3)11-13/h8,12,16H,4-7,9-11H2,1-3H3. The molecule has 1 aliphatic rings. The molecule has 0 spiro atoms. The van der Waals surface area contributed by atoms with E-state index in [0.29, 0.717) is 17.6 Å². The fraction of sp³-hybridized carbons (Fsp3) is 0.800. The van der Waals surface area contributed by atoms with Crippen LogP contribution in [0.25, 0.3) is 0 Å². The van der Waals surface area contributed by atoms with Crippen LogP contribution in [0.2, 0.25) is 0 Å². The van der Waals surface area contributed by atoms with Gasteiger partial charge in [0.05, 0.1) is 6.10 Å². The Bertz CT molecular complexity index is 287. The highest BCUT2D eigenvalue weighted by Gasteiger charge is 2.25. The van der Waals surface area contributed by atoms with Gasteiger partial charge in [-0.1, -0.05) is 26.3 Å². The van der Waals surface area contributed by atoms with Crippen LogP contribution in [0.4, 0.5) is 0 Å². The number of ketones is 1. The summed E-state index contributed by atoms with van der Waals surface area (Å²) in [5.74, 6) is 0.323. The maximum absolute atomic E-state index is 12.0. The van der Waals surface area contributed by atoms with E-state index in [9.17, 15) is 4.79 Å². The van der Waals surface area contributed by atoms with Crippen molar-refractivity contribution in [1.82, 2.24) is 0 Å². The lowest BCUT2D eigenvalue weighted by Crippen LogP contribution is -2.19. The number of unbranched alkanes of at least 4 members (excludes halogenated alkanes) is 1. The Kier molecular flexibility index (Phi) is 5.38. The smallest absolute Gasteiger partial charge is 0.158 e. The first-order valence-corrected chi connectivity index (χ1v) is 6.81. The first-order valence-electron chi connectivity index (χ1n) is 6.81. The molecule has 0 heterocycles. The number of allylic oxidation sites excluding steroid dienone is 2. The van der Waals surface area contributed by atoms with Crippen molar-refractivity contribution in [1.29, 1.82) is 0 Å². The number of carbonyl (C=O) groups is 1. The molecule has 0 saturated carbocycles. The topological polar surface area (TPSA) is 37.3 Å². The summed E-state index contributed by atoms with van der Waals surface area (Å²) in [5, 5.41) is 9.14. The van der Waals surface area contributed by atoms with E-state index in [1.807, 2.05) is 0 Å². The highest BCUT2D eigenvalue weighted by molar-refractivity contribution is 5.95. The number of aliphatic hydroxyl groups excluding tert-OH is 1. The lowest BCUT2D eigenvalue weighted by Gasteiger charge is -2.29. The molecule has 0 fully saturated rings. The third-order valence-corrected chi connectivity index (χ3v) is 3.51. The van der Waals surface area contributed by atoms with E-state index >= 15 is 0 Å². The summed E-state index contributed by atoms with van der Waals surface area (Å²) in [6.45, 7) is 6.27. The molecule has 0 bridgehead atoms. The van der Waals surface area contributed by atoms with Gasteiger partial charge in [-0.2, -0.15) is 0 Å². The van der Waals surface area contributed by atoms with Gasteiger partial charge in [-0.05, 0) is 50.0 Å². The average Bonchev–Trinajstić information content (AvgIpc) is 2.22. The van der Waals surface area contributed by atoms with Crippen LogP contribution in [0.5, 0.6) is 0 Å². The molecule has 2 nitrogen and oxygen atoms in total. The summed E-state index contributed by atoms with van der Waals surface area (Å²) in [4.78, 5) is 12.0. The summed E-state index contributed by atoms with van der Waals surface area (Å²) in [5.41, 5.74) is 1.33. The van der Waals surface area contributed by atoms with Gasteiger partial charge in [0.25, 0.3) is 0 Å². The zero-order valence-corrected chi connectivity index (χ0v) is 11.5. The molecule has 0 aliphatic heterocycles. The zero-order chi connectivity index (χ0) is 12.9. The van der Waals surface area contributed by atoms with Gasteiger partial charge in [-0.15, -0.1) is 0 Å². The largest absolute Gasteiger partial charge is 0.393 e. The molecule has 2 heteroatoms. The van der Waals surface area contributed by atoms with Crippen molar-refractivity contribution in [2.75, 3.05) is 0 Å². The van der Waals surface area contributed by atoms with E-state index in [1.165, 1.54) is 6.42 Å². The Morgan fingerprint density at radius 3 is 2.76 bits per heavy atom. The number of hydrogen-bond acceptors (Lipinski definition) is 2. The maximum atomic E-state index is 12.0. The number of Topliss-reactive ketones (excluding diaryl/α,β-unsaturated/α-hetero) is 1. The lowest BCUT2D eigenvalue weighted by molar-refractivity contribution is -0.116. The molecule has 1 N–H and O–H groups in total. The van der Waals surface area contributed by atoms with Crippen LogP contribution in [-0.4, -0.2) is 17.0 Å². The normalized spacial score (nSPS) is 20.8. The number of hydrogen-bond donors (Lipinski definition) is 1. The molecular formula is C15H26O2. The molecule has 1 unspecified atom stereocenters. The molecule has 1 rings (SSSR count). The maximum Gasteiger partial charge on any atom is 0.158 e. The Labute approximate surface area is 105 Å². The third kappa shape index (κ3) is 5.49. The zero-order valence-electron chi connectivity index (χ0n) is 11.5. The van der Waals surface area contributed by atoms with Crippen molar-refractivity contribution in [3.8, 4) is 0 Å². The van der Waals surface area contributed by atoms with E-state index < -0.39 is 0 Å². The van der Waals surface area contributed by atoms with Crippen molar-refractivity contribution in [3.63, 3.8) is 0 Å². The Hall–Kier alpha value is -0.630. The summed E-state index contributed by atoms with van der Waals surface area (Å²) >= 11 is 0. The molecule has 0 radical (unpaired) electrons. The van der Waals surface area contributed by atoms with Crippen molar-refractivity contribution < 1.29 is 9.90 Å². The van der Waals surface area contributed by atoms with Crippen LogP contribution in [0.1, 0.15) is 65.7 Å². The third-order valence-electron chi connectivity index (χ3n) is 3.51. The van der Waals surface area contributed by atoms with Gasteiger partial charge in [0, 0.05) is 6.42 Å². The van der Waals surface area contributed by atoms with Gasteiger partial charge in [-0.3, -0.25) is 4.79 Å². The van der Waals surface area contributed by atoms with E-state index in [0.717, 1.165) is 37.7 Å². The summed E-state index contributed by atoms with van der Waals surface area (Å²) < 4.78 is 0. The number of carbonyl (C=O) groups excluding carboxylic acids is 1. The summed E-state index contributed by atoms with van der Waals surface area (Å²) in [7, 11) is 0. The van der Waals surface area contributed by atoms with Gasteiger partial charge in [0.2, 0.25) is 0 Å². The van der Waals surface area contributed by atoms with Gasteiger partial charge in [-0.25, -0.2) is 0 Å². The monoisotopic (exact) mass is 238 g/mol. The molecule has 1 atom stereocenters. The van der Waals surface area contributed by atoms with Gasteiger partial charge < -0.3 is 5.11 Å². The highest BCUT2D eigenvalue weighted by Crippen LogP contribution is 2.35. The second-order valence-electron chi connectivity index (χ2n) is 6.13. The molecule has 0 aromatic rings. The quantitative estimate of drug-likeness (QED) is 0.717. The minimum Gasteiger partial charge on any atom is -0.393 e. The van der Waals surface area contributed by atoms with E-state index in [-0.39, 0.29) is 6.10 Å².